The Morgan fingerprint density at radius 3 is 2.50 bits per heavy atom. The third-order valence-corrected chi connectivity index (χ3v) is 4.85. The third kappa shape index (κ3) is 4.62. The van der Waals surface area contributed by atoms with Crippen molar-refractivity contribution in [3.05, 3.63) is 41.3 Å². The maximum atomic E-state index is 12.6. The van der Waals surface area contributed by atoms with E-state index >= 15 is 0 Å². The molecule has 1 aromatic heterocycles. The van der Waals surface area contributed by atoms with Crippen LogP contribution in [0.25, 0.3) is 0 Å². The molecule has 1 aromatic carbocycles. The minimum Gasteiger partial charge on any atom is -0.493 e. The Hall–Kier alpha value is -3.03. The van der Waals surface area contributed by atoms with Crippen LogP contribution >= 0.6 is 0 Å². The molecule has 2 amide bonds. The Labute approximate surface area is 163 Å². The molecule has 150 valence electrons. The lowest BCUT2D eigenvalue weighted by atomic mass is 10.0. The summed E-state index contributed by atoms with van der Waals surface area (Å²) >= 11 is 0. The van der Waals surface area contributed by atoms with E-state index < -0.39 is 0 Å². The van der Waals surface area contributed by atoms with Crippen molar-refractivity contribution >= 4 is 11.8 Å². The molecule has 0 bridgehead atoms. The van der Waals surface area contributed by atoms with Gasteiger partial charge in [-0.3, -0.25) is 9.59 Å². The van der Waals surface area contributed by atoms with Gasteiger partial charge >= 0.3 is 0 Å². The average molecular weight is 387 g/mol. The van der Waals surface area contributed by atoms with Gasteiger partial charge in [-0.05, 0) is 37.5 Å². The molecule has 2 heterocycles. The molecule has 8 nitrogen and oxygen atoms in total. The van der Waals surface area contributed by atoms with Gasteiger partial charge in [0.15, 0.2) is 17.2 Å². The lowest BCUT2D eigenvalue weighted by Crippen LogP contribution is -2.47. The van der Waals surface area contributed by atoms with Crippen LogP contribution in [0.5, 0.6) is 11.5 Å². The predicted octanol–water partition coefficient (Wildman–Crippen LogP) is 1.96. The SMILES string of the molecule is COc1ccc(CC(=O)N2CCC(NC(=O)c3cc(C)on3)CC2)cc1OC. The number of ether oxygens (including phenoxy) is 2. The standard InChI is InChI=1S/C20H25N3O5/c1-13-10-16(22-28-13)20(25)21-15-6-8-23(9-7-15)19(24)12-14-4-5-17(26-2)18(11-14)27-3/h4-5,10-11,15H,6-9,12H2,1-3H3,(H,21,25). The highest BCUT2D eigenvalue weighted by atomic mass is 16.5. The van der Waals surface area contributed by atoms with Crippen molar-refractivity contribution in [1.82, 2.24) is 15.4 Å². The highest BCUT2D eigenvalue weighted by Gasteiger charge is 2.25. The summed E-state index contributed by atoms with van der Waals surface area (Å²) in [4.78, 5) is 26.6. The number of nitrogens with zero attached hydrogens (tertiary/aromatic N) is 2. The maximum Gasteiger partial charge on any atom is 0.273 e. The van der Waals surface area contributed by atoms with E-state index in [-0.39, 0.29) is 23.6 Å². The Kier molecular flexibility index (Phi) is 6.18. The van der Waals surface area contributed by atoms with Gasteiger partial charge in [0.1, 0.15) is 5.76 Å². The molecule has 1 fully saturated rings. The number of piperidine rings is 1. The summed E-state index contributed by atoms with van der Waals surface area (Å²) in [6.45, 7) is 2.95. The smallest absolute Gasteiger partial charge is 0.273 e. The number of benzene rings is 1. The van der Waals surface area contributed by atoms with E-state index in [4.69, 9.17) is 14.0 Å². The van der Waals surface area contributed by atoms with Crippen molar-refractivity contribution in [2.24, 2.45) is 0 Å². The van der Waals surface area contributed by atoms with E-state index in [0.29, 0.717) is 49.6 Å². The number of aryl methyl sites for hydroxylation is 1. The van der Waals surface area contributed by atoms with Crippen LogP contribution in [0, 0.1) is 6.92 Å². The van der Waals surface area contributed by atoms with Crippen LogP contribution in [0.2, 0.25) is 0 Å². The molecule has 1 N–H and O–H groups in total. The summed E-state index contributed by atoms with van der Waals surface area (Å²) in [5, 5.41) is 6.68. The maximum absolute atomic E-state index is 12.6. The monoisotopic (exact) mass is 387 g/mol. The highest BCUT2D eigenvalue weighted by molar-refractivity contribution is 5.92. The number of likely N-dealkylation sites (tertiary alicyclic amines) is 1. The molecule has 2 aromatic rings. The van der Waals surface area contributed by atoms with E-state index in [1.165, 1.54) is 0 Å². The zero-order valence-corrected chi connectivity index (χ0v) is 16.4. The topological polar surface area (TPSA) is 93.9 Å². The van der Waals surface area contributed by atoms with E-state index in [9.17, 15) is 9.59 Å². The number of rotatable bonds is 6. The molecular formula is C20H25N3O5. The summed E-state index contributed by atoms with van der Waals surface area (Å²) in [6.07, 6.45) is 1.72. The zero-order valence-electron chi connectivity index (χ0n) is 16.4. The molecule has 0 saturated carbocycles. The first kappa shape index (κ1) is 19.7. The molecule has 8 heteroatoms. The van der Waals surface area contributed by atoms with E-state index in [2.05, 4.69) is 10.5 Å². The van der Waals surface area contributed by atoms with Gasteiger partial charge in [0, 0.05) is 25.2 Å². The average Bonchev–Trinajstić information content (AvgIpc) is 3.15. The number of nitrogens with one attached hydrogen (secondary N) is 1. The first-order valence-corrected chi connectivity index (χ1v) is 9.23. The van der Waals surface area contributed by atoms with Gasteiger partial charge in [0.2, 0.25) is 5.91 Å². The van der Waals surface area contributed by atoms with Crippen LogP contribution in [0.3, 0.4) is 0 Å². The Balaban J connectivity index is 1.50. The molecule has 1 saturated heterocycles. The van der Waals surface area contributed by atoms with Crippen molar-refractivity contribution < 1.29 is 23.6 Å². The summed E-state index contributed by atoms with van der Waals surface area (Å²) < 4.78 is 15.4. The second kappa shape index (κ2) is 8.77. The lowest BCUT2D eigenvalue weighted by molar-refractivity contribution is -0.131. The minimum absolute atomic E-state index is 0.0228. The fraction of sp³-hybridized carbons (Fsp3) is 0.450. The first-order valence-electron chi connectivity index (χ1n) is 9.23. The van der Waals surface area contributed by atoms with Crippen molar-refractivity contribution in [2.75, 3.05) is 27.3 Å². The molecule has 1 aliphatic rings. The van der Waals surface area contributed by atoms with Crippen molar-refractivity contribution in [3.63, 3.8) is 0 Å². The summed E-state index contributed by atoms with van der Waals surface area (Å²) in [5.74, 6) is 1.66. The molecule has 0 atom stereocenters. The molecule has 0 aliphatic carbocycles. The minimum atomic E-state index is -0.244. The van der Waals surface area contributed by atoms with Crippen LogP contribution in [0.15, 0.2) is 28.8 Å². The van der Waals surface area contributed by atoms with Gasteiger partial charge in [-0.1, -0.05) is 11.2 Å². The van der Waals surface area contributed by atoms with Gasteiger partial charge in [-0.2, -0.15) is 0 Å². The molecule has 0 radical (unpaired) electrons. The molecule has 0 unspecified atom stereocenters. The summed E-state index contributed by atoms with van der Waals surface area (Å²) in [6, 6.07) is 7.12. The van der Waals surface area contributed by atoms with Gasteiger partial charge in [0.05, 0.1) is 20.6 Å². The van der Waals surface area contributed by atoms with Crippen molar-refractivity contribution in [3.8, 4) is 11.5 Å². The fourth-order valence-electron chi connectivity index (χ4n) is 3.28. The van der Waals surface area contributed by atoms with Crippen LogP contribution in [0.4, 0.5) is 0 Å². The van der Waals surface area contributed by atoms with Crippen LogP contribution in [-0.4, -0.2) is 55.2 Å². The largest absolute Gasteiger partial charge is 0.493 e. The number of hydrogen-bond acceptors (Lipinski definition) is 6. The number of carbonyl (C=O) groups excluding carboxylic acids is 2. The highest BCUT2D eigenvalue weighted by Crippen LogP contribution is 2.28. The van der Waals surface area contributed by atoms with Crippen LogP contribution < -0.4 is 14.8 Å². The predicted molar refractivity (Wildman–Crippen MR) is 102 cm³/mol. The Morgan fingerprint density at radius 2 is 1.89 bits per heavy atom. The number of hydrogen-bond donors (Lipinski definition) is 1. The van der Waals surface area contributed by atoms with Gasteiger partial charge < -0.3 is 24.2 Å². The summed E-state index contributed by atoms with van der Waals surface area (Å²) in [7, 11) is 3.15. The molecule has 3 rings (SSSR count). The quantitative estimate of drug-likeness (QED) is 0.814. The number of carbonyl (C=O) groups is 2. The van der Waals surface area contributed by atoms with Crippen molar-refractivity contribution in [1.29, 1.82) is 0 Å². The van der Waals surface area contributed by atoms with Crippen LogP contribution in [-0.2, 0) is 11.2 Å². The first-order chi connectivity index (χ1) is 13.5. The number of methoxy groups -OCH3 is 2. The lowest BCUT2D eigenvalue weighted by Gasteiger charge is -2.32. The van der Waals surface area contributed by atoms with Gasteiger partial charge in [-0.25, -0.2) is 0 Å². The fourth-order valence-corrected chi connectivity index (χ4v) is 3.28. The molecule has 28 heavy (non-hydrogen) atoms. The van der Waals surface area contributed by atoms with E-state index in [1.807, 2.05) is 17.0 Å². The number of aromatic nitrogens is 1. The normalized spacial score (nSPS) is 14.6. The van der Waals surface area contributed by atoms with Gasteiger partial charge in [0.25, 0.3) is 5.91 Å². The van der Waals surface area contributed by atoms with E-state index in [0.717, 1.165) is 5.56 Å². The molecule has 0 spiro atoms. The third-order valence-electron chi connectivity index (χ3n) is 4.85. The zero-order chi connectivity index (χ0) is 20.1. The Morgan fingerprint density at radius 1 is 1.18 bits per heavy atom. The Bertz CT molecular complexity index is 840. The summed E-state index contributed by atoms with van der Waals surface area (Å²) in [5.41, 5.74) is 1.16. The molecular weight excluding hydrogens is 362 g/mol. The number of amides is 2. The van der Waals surface area contributed by atoms with Crippen LogP contribution in [0.1, 0.15) is 34.7 Å². The second-order valence-corrected chi connectivity index (χ2v) is 6.82. The van der Waals surface area contributed by atoms with Crippen molar-refractivity contribution in [2.45, 2.75) is 32.2 Å². The van der Waals surface area contributed by atoms with E-state index in [1.54, 1.807) is 33.3 Å². The second-order valence-electron chi connectivity index (χ2n) is 6.82. The van der Waals surface area contributed by atoms with Gasteiger partial charge in [-0.15, -0.1) is 0 Å². The molecule has 1 aliphatic heterocycles.